The summed E-state index contributed by atoms with van der Waals surface area (Å²) in [4.78, 5) is 11.0. The van der Waals surface area contributed by atoms with E-state index in [1.54, 1.807) is 6.07 Å². The zero-order valence-corrected chi connectivity index (χ0v) is 16.2. The first kappa shape index (κ1) is 20.3. The smallest absolute Gasteiger partial charge is 0.236 e. The molecule has 1 saturated heterocycles. The number of aliphatic hydroxyl groups is 3. The summed E-state index contributed by atoms with van der Waals surface area (Å²) in [6.07, 6.45) is -3.36. The number of benzene rings is 1. The van der Waals surface area contributed by atoms with Crippen molar-refractivity contribution in [3.8, 4) is 0 Å². The number of hydrogen-bond acceptors (Lipinski definition) is 6. The molecule has 2 aromatic rings. The Morgan fingerprint density at radius 3 is 2.56 bits per heavy atom. The fraction of sp³-hybridized carbons (Fsp3) is 0.375. The molecule has 1 aliphatic rings. The molecule has 11 heteroatoms. The van der Waals surface area contributed by atoms with Crippen LogP contribution < -0.4 is 5.43 Å². The van der Waals surface area contributed by atoms with Crippen molar-refractivity contribution in [2.45, 2.75) is 31.5 Å². The van der Waals surface area contributed by atoms with Crippen LogP contribution in [0.25, 0.3) is 10.9 Å². The maximum absolute atomic E-state index is 11.0. The number of nitrogens with one attached hydrogen (secondary N) is 1. The number of aliphatic hydroxyl groups excluding tert-OH is 3. The van der Waals surface area contributed by atoms with Gasteiger partial charge in [-0.05, 0) is 12.1 Å². The van der Waals surface area contributed by atoms with Crippen LogP contribution in [0.3, 0.4) is 0 Å². The molecule has 1 aromatic heterocycles. The van der Waals surface area contributed by atoms with Gasteiger partial charge < -0.3 is 24.6 Å². The van der Waals surface area contributed by atoms with Crippen molar-refractivity contribution in [3.63, 3.8) is 0 Å². The molecule has 2 heterocycles. The molecule has 27 heavy (non-hydrogen) atoms. The SMILES string of the molecule is CC(=O)N/N=C/c1c(Cl)n(C2O[C@H](CO)[C@@H](O)[C@H]2O)c2cc(Cl)c(Cl)cc12. The van der Waals surface area contributed by atoms with E-state index in [1.165, 1.54) is 23.8 Å². The Bertz CT molecular complexity index is 917. The van der Waals surface area contributed by atoms with Crippen molar-refractivity contribution >= 4 is 57.8 Å². The van der Waals surface area contributed by atoms with E-state index in [-0.39, 0.29) is 21.1 Å². The number of hydrogen-bond donors (Lipinski definition) is 4. The number of ether oxygens (including phenoxy) is 1. The van der Waals surface area contributed by atoms with Gasteiger partial charge in [0.1, 0.15) is 23.5 Å². The molecule has 3 rings (SSSR count). The number of halogens is 3. The minimum Gasteiger partial charge on any atom is -0.394 e. The lowest BCUT2D eigenvalue weighted by molar-refractivity contribution is -0.118. The maximum atomic E-state index is 11.0. The summed E-state index contributed by atoms with van der Waals surface area (Å²) < 4.78 is 7.00. The number of carbonyl (C=O) groups excluding carboxylic acids is 1. The van der Waals surface area contributed by atoms with Crippen LogP contribution in [0.2, 0.25) is 15.2 Å². The van der Waals surface area contributed by atoms with Crippen LogP contribution in [0, 0.1) is 0 Å². The second-order valence-electron chi connectivity index (χ2n) is 6.01. The number of aromatic nitrogens is 1. The number of fused-ring (bicyclic) bond motifs is 1. The average molecular weight is 437 g/mol. The summed E-state index contributed by atoms with van der Waals surface area (Å²) in [5.74, 6) is -0.365. The number of nitrogens with zero attached hydrogens (tertiary/aromatic N) is 2. The summed E-state index contributed by atoms with van der Waals surface area (Å²) in [5, 5.41) is 34.7. The minimum atomic E-state index is -1.34. The lowest BCUT2D eigenvalue weighted by Crippen LogP contribution is -2.33. The Kier molecular flexibility index (Phi) is 5.97. The van der Waals surface area contributed by atoms with E-state index in [4.69, 9.17) is 39.5 Å². The van der Waals surface area contributed by atoms with Crippen molar-refractivity contribution in [1.29, 1.82) is 0 Å². The number of rotatable bonds is 4. The highest BCUT2D eigenvalue weighted by Gasteiger charge is 2.44. The summed E-state index contributed by atoms with van der Waals surface area (Å²) in [5.41, 5.74) is 3.14. The lowest BCUT2D eigenvalue weighted by Gasteiger charge is -2.19. The Morgan fingerprint density at radius 2 is 1.96 bits per heavy atom. The molecular weight excluding hydrogens is 421 g/mol. The average Bonchev–Trinajstić information content (AvgIpc) is 3.03. The van der Waals surface area contributed by atoms with Gasteiger partial charge in [-0.25, -0.2) is 5.43 Å². The first-order valence-electron chi connectivity index (χ1n) is 7.86. The van der Waals surface area contributed by atoms with Gasteiger partial charge >= 0.3 is 0 Å². The topological polar surface area (TPSA) is 116 Å². The minimum absolute atomic E-state index is 0.118. The van der Waals surface area contributed by atoms with Crippen molar-refractivity contribution < 1.29 is 24.9 Å². The monoisotopic (exact) mass is 435 g/mol. The molecule has 0 radical (unpaired) electrons. The molecule has 0 aliphatic carbocycles. The zero-order chi connectivity index (χ0) is 19.9. The highest BCUT2D eigenvalue weighted by Crippen LogP contribution is 2.40. The number of carbonyl (C=O) groups is 1. The van der Waals surface area contributed by atoms with Gasteiger partial charge in [0, 0.05) is 17.9 Å². The molecule has 1 aromatic carbocycles. The fourth-order valence-corrected chi connectivity index (χ4v) is 3.61. The van der Waals surface area contributed by atoms with Gasteiger partial charge in [0.2, 0.25) is 5.91 Å². The Morgan fingerprint density at radius 1 is 1.30 bits per heavy atom. The largest absolute Gasteiger partial charge is 0.394 e. The first-order valence-corrected chi connectivity index (χ1v) is 9.00. The van der Waals surface area contributed by atoms with Crippen LogP contribution in [0.15, 0.2) is 17.2 Å². The first-order chi connectivity index (χ1) is 12.8. The Hall–Kier alpha value is -1.39. The van der Waals surface area contributed by atoms with Crippen LogP contribution >= 0.6 is 34.8 Å². The van der Waals surface area contributed by atoms with Crippen LogP contribution in [0.5, 0.6) is 0 Å². The lowest BCUT2D eigenvalue weighted by atomic mass is 10.1. The van der Waals surface area contributed by atoms with Crippen LogP contribution in [-0.2, 0) is 9.53 Å². The van der Waals surface area contributed by atoms with E-state index in [2.05, 4.69) is 10.5 Å². The summed E-state index contributed by atoms with van der Waals surface area (Å²) >= 11 is 18.7. The standard InChI is InChI=1S/C16H16Cl3N3O5/c1-6(24)21-20-4-8-7-2-9(17)10(18)3-11(7)22(15(8)19)16-14(26)13(25)12(5-23)27-16/h2-4,12-14,16,23,25-26H,5H2,1H3,(H,21,24)/b20-4+/t12-,13-,14-,16?/m1/s1. The molecule has 146 valence electrons. The van der Waals surface area contributed by atoms with Crippen LogP contribution in [0.4, 0.5) is 0 Å². The number of amides is 1. The number of hydrazone groups is 1. The third kappa shape index (κ3) is 3.66. The van der Waals surface area contributed by atoms with E-state index in [9.17, 15) is 20.1 Å². The molecule has 4 N–H and O–H groups in total. The predicted octanol–water partition coefficient (Wildman–Crippen LogP) is 1.68. The second-order valence-corrected chi connectivity index (χ2v) is 7.19. The van der Waals surface area contributed by atoms with Gasteiger partial charge in [-0.1, -0.05) is 34.8 Å². The molecule has 0 saturated carbocycles. The highest BCUT2D eigenvalue weighted by atomic mass is 35.5. The van der Waals surface area contributed by atoms with E-state index < -0.39 is 31.1 Å². The summed E-state index contributed by atoms with van der Waals surface area (Å²) in [6.45, 7) is 0.826. The third-order valence-corrected chi connectivity index (χ3v) is 5.32. The van der Waals surface area contributed by atoms with E-state index >= 15 is 0 Å². The molecule has 1 unspecified atom stereocenters. The maximum Gasteiger partial charge on any atom is 0.236 e. The van der Waals surface area contributed by atoms with Crippen molar-refractivity contribution in [2.75, 3.05) is 6.61 Å². The van der Waals surface area contributed by atoms with Gasteiger partial charge in [0.25, 0.3) is 0 Å². The molecule has 1 fully saturated rings. The molecule has 8 nitrogen and oxygen atoms in total. The predicted molar refractivity (Wildman–Crippen MR) is 101 cm³/mol. The Labute approximate surface area is 168 Å². The van der Waals surface area contributed by atoms with Gasteiger partial charge in [-0.2, -0.15) is 5.10 Å². The van der Waals surface area contributed by atoms with Gasteiger partial charge in [0.15, 0.2) is 6.23 Å². The van der Waals surface area contributed by atoms with Crippen molar-refractivity contribution in [2.24, 2.45) is 5.10 Å². The molecule has 1 amide bonds. The quantitative estimate of drug-likeness (QED) is 0.430. The molecule has 0 spiro atoms. The highest BCUT2D eigenvalue weighted by molar-refractivity contribution is 6.43. The van der Waals surface area contributed by atoms with Crippen molar-refractivity contribution in [1.82, 2.24) is 9.99 Å². The third-order valence-electron chi connectivity index (χ3n) is 4.21. The summed E-state index contributed by atoms with van der Waals surface area (Å²) in [6, 6.07) is 3.10. The normalized spacial score (nSPS) is 25.6. The van der Waals surface area contributed by atoms with Gasteiger partial charge in [0.05, 0.1) is 28.4 Å². The molecule has 4 atom stereocenters. The van der Waals surface area contributed by atoms with Crippen molar-refractivity contribution in [3.05, 3.63) is 32.9 Å². The van der Waals surface area contributed by atoms with E-state index in [0.717, 1.165) is 0 Å². The molecule has 0 bridgehead atoms. The Balaban J connectivity index is 2.18. The van der Waals surface area contributed by atoms with Gasteiger partial charge in [-0.15, -0.1) is 0 Å². The van der Waals surface area contributed by atoms with Gasteiger partial charge in [-0.3, -0.25) is 4.79 Å². The zero-order valence-electron chi connectivity index (χ0n) is 13.9. The molecule has 1 aliphatic heterocycles. The summed E-state index contributed by atoms with van der Waals surface area (Å²) in [7, 11) is 0. The fourth-order valence-electron chi connectivity index (χ4n) is 2.95. The van der Waals surface area contributed by atoms with E-state index in [1.807, 2.05) is 0 Å². The van der Waals surface area contributed by atoms with Crippen LogP contribution in [0.1, 0.15) is 18.7 Å². The van der Waals surface area contributed by atoms with E-state index in [0.29, 0.717) is 16.5 Å². The van der Waals surface area contributed by atoms with Crippen LogP contribution in [-0.4, -0.2) is 56.9 Å². The second kappa shape index (κ2) is 7.92. The molecular formula is C16H16Cl3N3O5.